The minimum absolute atomic E-state index is 0.0802. The lowest BCUT2D eigenvalue weighted by Crippen LogP contribution is -2.47. The van der Waals surface area contributed by atoms with Crippen LogP contribution in [0.5, 0.6) is 0 Å². The molecule has 2 aromatic carbocycles. The van der Waals surface area contributed by atoms with Gasteiger partial charge in [0.05, 0.1) is 12.5 Å². The number of hydrogen-bond acceptors (Lipinski definition) is 5. The largest absolute Gasteiger partial charge is 0.480 e. The number of rotatable bonds is 7. The second kappa shape index (κ2) is 9.76. The molecule has 1 unspecified atom stereocenters. The van der Waals surface area contributed by atoms with Crippen LogP contribution >= 0.6 is 0 Å². The van der Waals surface area contributed by atoms with Crippen LogP contribution in [0.3, 0.4) is 0 Å². The van der Waals surface area contributed by atoms with Gasteiger partial charge in [0, 0.05) is 18.9 Å². The number of amides is 2. The lowest BCUT2D eigenvalue weighted by Gasteiger charge is -2.24. The van der Waals surface area contributed by atoms with Crippen molar-refractivity contribution in [3.05, 3.63) is 59.7 Å². The van der Waals surface area contributed by atoms with Crippen molar-refractivity contribution in [1.29, 1.82) is 0 Å². The van der Waals surface area contributed by atoms with E-state index in [1.807, 2.05) is 53.8 Å². The summed E-state index contributed by atoms with van der Waals surface area (Å²) in [5, 5.41) is 20.9. The van der Waals surface area contributed by atoms with Crippen LogP contribution in [0.25, 0.3) is 11.1 Å². The number of ether oxygens (including phenoxy) is 1. The van der Waals surface area contributed by atoms with E-state index < -0.39 is 49.0 Å². The van der Waals surface area contributed by atoms with E-state index in [1.165, 1.54) is 0 Å². The van der Waals surface area contributed by atoms with Crippen molar-refractivity contribution < 1.29 is 38.1 Å². The number of β-amino-alcohol motifs (C(OH)–C–C–N with tert-alkyl or cyclic N) is 1. The van der Waals surface area contributed by atoms with E-state index in [0.29, 0.717) is 0 Å². The molecule has 0 bridgehead atoms. The number of halogens is 2. The van der Waals surface area contributed by atoms with Gasteiger partial charge in [-0.1, -0.05) is 48.5 Å². The highest BCUT2D eigenvalue weighted by Crippen LogP contribution is 2.44. The zero-order valence-corrected chi connectivity index (χ0v) is 18.1. The number of nitrogens with zero attached hydrogens (tertiary/aromatic N) is 1. The maximum absolute atomic E-state index is 13.6. The molecule has 34 heavy (non-hydrogen) atoms. The molecule has 8 nitrogen and oxygen atoms in total. The van der Waals surface area contributed by atoms with Gasteiger partial charge >= 0.3 is 12.1 Å². The van der Waals surface area contributed by atoms with Crippen molar-refractivity contribution in [2.75, 3.05) is 13.2 Å². The average molecular weight is 474 g/mol. The van der Waals surface area contributed by atoms with Crippen LogP contribution in [0.2, 0.25) is 0 Å². The number of hydrogen-bond donors (Lipinski definition) is 3. The van der Waals surface area contributed by atoms with Gasteiger partial charge in [-0.05, 0) is 22.3 Å². The number of carbonyl (C=O) groups is 3. The van der Waals surface area contributed by atoms with Crippen LogP contribution < -0.4 is 5.32 Å². The number of fused-ring (bicyclic) bond motifs is 3. The molecule has 1 aliphatic heterocycles. The topological polar surface area (TPSA) is 116 Å². The molecule has 3 N–H and O–H groups in total. The van der Waals surface area contributed by atoms with Gasteiger partial charge in [0.25, 0.3) is 6.43 Å². The minimum atomic E-state index is -3.08. The van der Waals surface area contributed by atoms with Crippen LogP contribution in [0.15, 0.2) is 48.5 Å². The highest BCUT2D eigenvalue weighted by molar-refractivity contribution is 5.85. The number of carbonyl (C=O) groups excluding carboxylic acids is 2. The Morgan fingerprint density at radius 1 is 1.06 bits per heavy atom. The van der Waals surface area contributed by atoms with Crippen molar-refractivity contribution in [2.45, 2.75) is 43.4 Å². The van der Waals surface area contributed by atoms with E-state index in [-0.39, 0.29) is 25.5 Å². The minimum Gasteiger partial charge on any atom is -0.480 e. The van der Waals surface area contributed by atoms with E-state index in [9.17, 15) is 33.4 Å². The number of nitrogens with one attached hydrogen (secondary N) is 1. The molecular weight excluding hydrogens is 450 g/mol. The van der Waals surface area contributed by atoms with Crippen molar-refractivity contribution in [3.8, 4) is 11.1 Å². The third-order valence-electron chi connectivity index (χ3n) is 6.23. The molecule has 4 rings (SSSR count). The van der Waals surface area contributed by atoms with Gasteiger partial charge in [0.1, 0.15) is 18.7 Å². The number of carboxylic acid groups (broad SMARTS) is 1. The van der Waals surface area contributed by atoms with Crippen LogP contribution in [0, 0.1) is 0 Å². The normalized spacial score (nSPS) is 20.1. The third kappa shape index (κ3) is 4.72. The van der Waals surface area contributed by atoms with Crippen molar-refractivity contribution in [2.24, 2.45) is 0 Å². The zero-order valence-electron chi connectivity index (χ0n) is 18.1. The van der Waals surface area contributed by atoms with E-state index in [0.717, 1.165) is 27.2 Å². The summed E-state index contributed by atoms with van der Waals surface area (Å²) in [4.78, 5) is 37.0. The molecule has 0 spiro atoms. The summed E-state index contributed by atoms with van der Waals surface area (Å²) < 4.78 is 32.4. The fourth-order valence-electron chi connectivity index (χ4n) is 4.62. The number of alkyl halides is 2. The highest BCUT2D eigenvalue weighted by atomic mass is 19.3. The van der Waals surface area contributed by atoms with Gasteiger partial charge in [-0.25, -0.2) is 18.4 Å². The third-order valence-corrected chi connectivity index (χ3v) is 6.23. The molecule has 1 fully saturated rings. The standard InChI is InChI=1S/C24H24F2N2O6/c25-22(26)19(10-21(30)28-11-13(29)9-20(28)23(31)32)27-24(33)34-12-18-16-7-3-1-5-14(16)15-6-2-4-8-17(15)18/h1-8,13,18-20,22,29H,9-12H2,(H,27,33)(H,31,32)/t13-,19?,20+/m1/s1. The molecule has 1 aliphatic carbocycles. The summed E-state index contributed by atoms with van der Waals surface area (Å²) >= 11 is 0. The van der Waals surface area contributed by atoms with Gasteiger partial charge in [-0.3, -0.25) is 4.79 Å². The van der Waals surface area contributed by atoms with Crippen LogP contribution in [-0.2, 0) is 14.3 Å². The molecule has 10 heteroatoms. The molecule has 3 atom stereocenters. The molecule has 2 amide bonds. The lowest BCUT2D eigenvalue weighted by atomic mass is 9.98. The average Bonchev–Trinajstić information content (AvgIpc) is 3.35. The van der Waals surface area contributed by atoms with Crippen LogP contribution in [0.4, 0.5) is 13.6 Å². The Morgan fingerprint density at radius 3 is 2.21 bits per heavy atom. The first-order chi connectivity index (χ1) is 16.3. The first-order valence-electron chi connectivity index (χ1n) is 10.9. The molecule has 0 radical (unpaired) electrons. The van der Waals surface area contributed by atoms with E-state index in [2.05, 4.69) is 0 Å². The van der Waals surface area contributed by atoms with Gasteiger partial charge in [-0.2, -0.15) is 0 Å². The fraction of sp³-hybridized carbons (Fsp3) is 0.375. The predicted octanol–water partition coefficient (Wildman–Crippen LogP) is 2.60. The fourth-order valence-corrected chi connectivity index (χ4v) is 4.62. The summed E-state index contributed by atoms with van der Waals surface area (Å²) in [5.41, 5.74) is 3.96. The smallest absolute Gasteiger partial charge is 0.407 e. The number of aliphatic hydroxyl groups is 1. The van der Waals surface area contributed by atoms with Crippen LogP contribution in [0.1, 0.15) is 29.9 Å². The summed E-state index contributed by atoms with van der Waals surface area (Å²) in [6, 6.07) is 12.2. The number of carboxylic acids is 1. The Bertz CT molecular complexity index is 1050. The molecule has 0 aromatic heterocycles. The van der Waals surface area contributed by atoms with Gasteiger partial charge in [0.15, 0.2) is 0 Å². The Balaban J connectivity index is 1.39. The first kappa shape index (κ1) is 23.6. The van der Waals surface area contributed by atoms with Gasteiger partial charge < -0.3 is 25.2 Å². The zero-order chi connectivity index (χ0) is 24.4. The first-order valence-corrected chi connectivity index (χ1v) is 10.9. The van der Waals surface area contributed by atoms with E-state index in [1.54, 1.807) is 0 Å². The maximum Gasteiger partial charge on any atom is 0.407 e. The summed E-state index contributed by atoms with van der Waals surface area (Å²) in [6.07, 6.45) is -6.24. The Morgan fingerprint density at radius 2 is 1.65 bits per heavy atom. The predicted molar refractivity (Wildman–Crippen MR) is 116 cm³/mol. The Hall–Kier alpha value is -3.53. The lowest BCUT2D eigenvalue weighted by molar-refractivity contribution is -0.148. The number of aliphatic carboxylic acids is 1. The molecular formula is C24H24F2N2O6. The molecule has 0 saturated carbocycles. The Kier molecular flexibility index (Phi) is 6.78. The highest BCUT2D eigenvalue weighted by Gasteiger charge is 2.40. The maximum atomic E-state index is 13.6. The van der Waals surface area contributed by atoms with Gasteiger partial charge in [0.2, 0.25) is 5.91 Å². The van der Waals surface area contributed by atoms with Crippen LogP contribution in [-0.4, -0.2) is 70.8 Å². The Labute approximate surface area is 194 Å². The molecule has 180 valence electrons. The van der Waals surface area contributed by atoms with E-state index >= 15 is 0 Å². The summed E-state index contributed by atoms with van der Waals surface area (Å²) in [7, 11) is 0. The van der Waals surface area contributed by atoms with Crippen molar-refractivity contribution >= 4 is 18.0 Å². The summed E-state index contributed by atoms with van der Waals surface area (Å²) in [5.74, 6) is -2.48. The number of benzene rings is 2. The quantitative estimate of drug-likeness (QED) is 0.568. The molecule has 2 aliphatic rings. The number of alkyl carbamates (subject to hydrolysis) is 1. The van der Waals surface area contributed by atoms with Crippen molar-refractivity contribution in [3.63, 3.8) is 0 Å². The number of likely N-dealkylation sites (tertiary alicyclic amines) is 1. The second-order valence-electron chi connectivity index (χ2n) is 8.40. The van der Waals surface area contributed by atoms with E-state index in [4.69, 9.17) is 4.74 Å². The van der Waals surface area contributed by atoms with Gasteiger partial charge in [-0.15, -0.1) is 0 Å². The van der Waals surface area contributed by atoms with Crippen molar-refractivity contribution in [1.82, 2.24) is 10.2 Å². The second-order valence-corrected chi connectivity index (χ2v) is 8.40. The molecule has 2 aromatic rings. The molecule has 1 saturated heterocycles. The molecule has 1 heterocycles. The monoisotopic (exact) mass is 474 g/mol. The summed E-state index contributed by atoms with van der Waals surface area (Å²) in [6.45, 7) is -0.347. The SMILES string of the molecule is O=C(NC(CC(=O)N1C[C@H](O)C[C@H]1C(=O)O)C(F)F)OCC1c2ccccc2-c2ccccc21. The number of aliphatic hydroxyl groups excluding tert-OH is 1.